The van der Waals surface area contributed by atoms with Crippen molar-refractivity contribution in [1.82, 2.24) is 19.8 Å². The highest BCUT2D eigenvalue weighted by atomic mass is 35.5. The zero-order chi connectivity index (χ0) is 10.5. The number of hydrogen-bond donors (Lipinski definition) is 0. The van der Waals surface area contributed by atoms with Gasteiger partial charge in [0, 0.05) is 11.7 Å². The topological polar surface area (TPSA) is 56.2 Å². The quantitative estimate of drug-likeness (QED) is 0.627. The molecule has 0 saturated heterocycles. The molecule has 0 spiro atoms. The van der Waals surface area contributed by atoms with Gasteiger partial charge in [-0.15, -0.1) is 33.4 Å². The predicted molar refractivity (Wildman–Crippen MR) is 56.3 cm³/mol. The number of thioether (sulfide) groups is 1. The molecule has 0 aromatic carbocycles. The fourth-order valence-electron chi connectivity index (χ4n) is 1.22. The van der Waals surface area contributed by atoms with E-state index < -0.39 is 4.33 Å². The summed E-state index contributed by atoms with van der Waals surface area (Å²) in [5, 5.41) is 12.1. The van der Waals surface area contributed by atoms with E-state index in [1.54, 1.807) is 0 Å². The lowest BCUT2D eigenvalue weighted by Crippen LogP contribution is -1.93. The molecular formula is C7H6Cl2N4OS. The van der Waals surface area contributed by atoms with Crippen LogP contribution in [0.2, 0.25) is 0 Å². The lowest BCUT2D eigenvalue weighted by atomic mass is 10.5. The van der Waals surface area contributed by atoms with Crippen LogP contribution in [0.1, 0.15) is 6.42 Å². The second-order valence-corrected chi connectivity index (χ2v) is 5.91. The Bertz CT molecular complexity index is 467. The first-order chi connectivity index (χ1) is 7.15. The van der Waals surface area contributed by atoms with Crippen LogP contribution in [0.15, 0.2) is 16.0 Å². The molecule has 5 nitrogen and oxygen atoms in total. The minimum Gasteiger partial charge on any atom is -0.396 e. The molecule has 0 amide bonds. The summed E-state index contributed by atoms with van der Waals surface area (Å²) >= 11 is 13.3. The summed E-state index contributed by atoms with van der Waals surface area (Å²) in [6.07, 6.45) is 2.33. The van der Waals surface area contributed by atoms with Crippen LogP contribution in [0, 0.1) is 5.92 Å². The minimum absolute atomic E-state index is 0.322. The number of fused-ring (bicyclic) bond motifs is 1. The van der Waals surface area contributed by atoms with Gasteiger partial charge in [0.05, 0.1) is 0 Å². The van der Waals surface area contributed by atoms with Crippen LogP contribution in [0.4, 0.5) is 0 Å². The molecule has 1 atom stereocenters. The number of halogens is 2. The summed E-state index contributed by atoms with van der Waals surface area (Å²) in [4.78, 5) is 0. The molecule has 2 aromatic rings. The maximum atomic E-state index is 5.90. The lowest BCUT2D eigenvalue weighted by Gasteiger charge is -1.95. The van der Waals surface area contributed by atoms with Gasteiger partial charge in [0.15, 0.2) is 0 Å². The number of rotatable bonds is 3. The van der Waals surface area contributed by atoms with Gasteiger partial charge in [0.1, 0.15) is 10.7 Å². The standard InChI is InChI=1S/C7H6Cl2N4OS/c8-7(9)1-4(7)2-15-6-12-13-3-10-11-5(13)14-6/h3-4H,1-2H2/t4-/m1/s1. The maximum Gasteiger partial charge on any atom is 0.345 e. The molecule has 2 heterocycles. The smallest absolute Gasteiger partial charge is 0.345 e. The van der Waals surface area contributed by atoms with E-state index in [0.717, 1.165) is 12.2 Å². The monoisotopic (exact) mass is 264 g/mol. The first kappa shape index (κ1) is 9.74. The molecular weight excluding hydrogens is 259 g/mol. The van der Waals surface area contributed by atoms with Crippen molar-refractivity contribution in [2.75, 3.05) is 5.75 Å². The molecule has 0 aliphatic heterocycles. The Morgan fingerprint density at radius 3 is 3.13 bits per heavy atom. The second kappa shape index (κ2) is 3.26. The average molecular weight is 265 g/mol. The Hall–Kier alpha value is -0.460. The second-order valence-electron chi connectivity index (χ2n) is 3.40. The number of nitrogens with zero attached hydrogens (tertiary/aromatic N) is 4. The Balaban J connectivity index is 1.66. The van der Waals surface area contributed by atoms with Gasteiger partial charge >= 0.3 is 5.84 Å². The van der Waals surface area contributed by atoms with Crippen molar-refractivity contribution in [2.24, 2.45) is 5.92 Å². The molecule has 2 aromatic heterocycles. The van der Waals surface area contributed by atoms with E-state index in [2.05, 4.69) is 15.3 Å². The zero-order valence-electron chi connectivity index (χ0n) is 7.43. The molecule has 80 valence electrons. The van der Waals surface area contributed by atoms with Crippen molar-refractivity contribution >= 4 is 40.8 Å². The van der Waals surface area contributed by atoms with Gasteiger partial charge in [-0.25, -0.2) is 0 Å². The highest BCUT2D eigenvalue weighted by molar-refractivity contribution is 7.99. The summed E-state index contributed by atoms with van der Waals surface area (Å²) in [6.45, 7) is 0. The molecule has 3 rings (SSSR count). The minimum atomic E-state index is -0.540. The Labute approximate surface area is 99.1 Å². The van der Waals surface area contributed by atoms with Gasteiger partial charge in [-0.2, -0.15) is 4.52 Å². The highest BCUT2D eigenvalue weighted by Gasteiger charge is 2.51. The van der Waals surface area contributed by atoms with Crippen LogP contribution in [-0.4, -0.2) is 29.9 Å². The molecule has 0 unspecified atom stereocenters. The third-order valence-corrected chi connectivity index (χ3v) is 4.14. The molecule has 8 heteroatoms. The fraction of sp³-hybridized carbons (Fsp3) is 0.571. The summed E-state index contributed by atoms with van der Waals surface area (Å²) in [7, 11) is 0. The van der Waals surface area contributed by atoms with Crippen LogP contribution < -0.4 is 0 Å². The number of hydrogen-bond acceptors (Lipinski definition) is 5. The van der Waals surface area contributed by atoms with Crippen LogP contribution >= 0.6 is 35.0 Å². The van der Waals surface area contributed by atoms with Gasteiger partial charge in [-0.3, -0.25) is 0 Å². The third kappa shape index (κ3) is 1.81. The lowest BCUT2D eigenvalue weighted by molar-refractivity contribution is 0.478. The van der Waals surface area contributed by atoms with E-state index in [1.807, 2.05) is 0 Å². The van der Waals surface area contributed by atoms with E-state index in [9.17, 15) is 0 Å². The molecule has 1 aliphatic carbocycles. The Morgan fingerprint density at radius 2 is 2.47 bits per heavy atom. The molecule has 1 aliphatic rings. The fourth-order valence-corrected chi connectivity index (χ4v) is 2.96. The Kier molecular flexibility index (Phi) is 2.12. The normalized spacial score (nSPS) is 23.5. The number of aromatic nitrogens is 4. The predicted octanol–water partition coefficient (Wildman–Crippen LogP) is 2.00. The molecule has 0 radical (unpaired) electrons. The van der Waals surface area contributed by atoms with Gasteiger partial charge in [-0.05, 0) is 6.42 Å². The van der Waals surface area contributed by atoms with Gasteiger partial charge in [0.25, 0.3) is 5.22 Å². The van der Waals surface area contributed by atoms with Gasteiger partial charge in [-0.1, -0.05) is 16.9 Å². The van der Waals surface area contributed by atoms with E-state index in [4.69, 9.17) is 27.6 Å². The van der Waals surface area contributed by atoms with Gasteiger partial charge < -0.3 is 4.42 Å². The van der Waals surface area contributed by atoms with Crippen molar-refractivity contribution in [1.29, 1.82) is 0 Å². The first-order valence-corrected chi connectivity index (χ1v) is 6.07. The average Bonchev–Trinajstić information content (AvgIpc) is 2.54. The number of alkyl halides is 2. The molecule has 0 N–H and O–H groups in total. The van der Waals surface area contributed by atoms with Crippen molar-refractivity contribution < 1.29 is 4.42 Å². The van der Waals surface area contributed by atoms with Gasteiger partial charge in [0.2, 0.25) is 0 Å². The van der Waals surface area contributed by atoms with Crippen LogP contribution in [0.25, 0.3) is 5.84 Å². The molecule has 0 bridgehead atoms. The van der Waals surface area contributed by atoms with Crippen LogP contribution in [0.3, 0.4) is 0 Å². The van der Waals surface area contributed by atoms with E-state index in [-0.39, 0.29) is 0 Å². The summed E-state index contributed by atoms with van der Waals surface area (Å²) in [5.74, 6) is 1.53. The SMILES string of the molecule is ClC1(Cl)C[C@@H]1CSc1nn2cnnc2o1. The van der Waals surface area contributed by atoms with Crippen molar-refractivity contribution in [3.63, 3.8) is 0 Å². The largest absolute Gasteiger partial charge is 0.396 e. The summed E-state index contributed by atoms with van der Waals surface area (Å²) in [6, 6.07) is 0. The van der Waals surface area contributed by atoms with E-state index in [0.29, 0.717) is 17.0 Å². The van der Waals surface area contributed by atoms with E-state index >= 15 is 0 Å². The first-order valence-electron chi connectivity index (χ1n) is 4.32. The summed E-state index contributed by atoms with van der Waals surface area (Å²) in [5.41, 5.74) is 0. The molecule has 15 heavy (non-hydrogen) atoms. The highest BCUT2D eigenvalue weighted by Crippen LogP contribution is 2.54. The van der Waals surface area contributed by atoms with Crippen molar-refractivity contribution in [2.45, 2.75) is 16.0 Å². The molecule has 1 fully saturated rings. The van der Waals surface area contributed by atoms with Crippen LogP contribution in [0.5, 0.6) is 0 Å². The zero-order valence-corrected chi connectivity index (χ0v) is 9.76. The Morgan fingerprint density at radius 1 is 1.67 bits per heavy atom. The third-order valence-electron chi connectivity index (χ3n) is 2.23. The van der Waals surface area contributed by atoms with Crippen molar-refractivity contribution in [3.8, 4) is 0 Å². The van der Waals surface area contributed by atoms with Crippen LogP contribution in [-0.2, 0) is 0 Å². The van der Waals surface area contributed by atoms with E-state index in [1.165, 1.54) is 22.6 Å². The molecule has 1 saturated carbocycles. The summed E-state index contributed by atoms with van der Waals surface area (Å²) < 4.78 is 6.26. The maximum absolute atomic E-state index is 5.90. The van der Waals surface area contributed by atoms with Crippen molar-refractivity contribution in [3.05, 3.63) is 6.33 Å².